The SMILES string of the molecule is COc1ccc2cc([C@H]3CC(c4ccc(Cl)cc4)=NN3C(=O)c3ccco3)c(Cl)nc2c1. The Labute approximate surface area is 194 Å². The molecule has 2 aromatic carbocycles. The third-order valence-corrected chi connectivity index (χ3v) is 5.95. The molecule has 0 spiro atoms. The minimum atomic E-state index is -0.440. The number of rotatable bonds is 4. The minimum Gasteiger partial charge on any atom is -0.497 e. The van der Waals surface area contributed by atoms with Gasteiger partial charge in [0.05, 0.1) is 30.6 Å². The van der Waals surface area contributed by atoms with Crippen molar-refractivity contribution in [1.82, 2.24) is 9.99 Å². The third-order valence-electron chi connectivity index (χ3n) is 5.39. The normalized spacial score (nSPS) is 15.8. The molecule has 0 bridgehead atoms. The second-order valence-corrected chi connectivity index (χ2v) is 8.12. The van der Waals surface area contributed by atoms with Gasteiger partial charge in [-0.15, -0.1) is 0 Å². The van der Waals surface area contributed by atoms with Crippen molar-refractivity contribution in [2.24, 2.45) is 5.10 Å². The molecular formula is C24H17Cl2N3O3. The predicted molar refractivity (Wildman–Crippen MR) is 124 cm³/mol. The highest BCUT2D eigenvalue weighted by atomic mass is 35.5. The molecule has 0 aliphatic carbocycles. The Kier molecular flexibility index (Phi) is 5.33. The maximum absolute atomic E-state index is 13.2. The number of methoxy groups -OCH3 is 1. The molecule has 1 atom stereocenters. The molecule has 8 heteroatoms. The van der Waals surface area contributed by atoms with E-state index < -0.39 is 6.04 Å². The Balaban J connectivity index is 1.59. The van der Waals surface area contributed by atoms with E-state index in [1.165, 1.54) is 11.3 Å². The van der Waals surface area contributed by atoms with Crippen molar-refractivity contribution in [1.29, 1.82) is 0 Å². The summed E-state index contributed by atoms with van der Waals surface area (Å²) >= 11 is 12.6. The van der Waals surface area contributed by atoms with E-state index in [9.17, 15) is 4.79 Å². The number of ether oxygens (including phenoxy) is 1. The van der Waals surface area contributed by atoms with E-state index in [0.717, 1.165) is 16.7 Å². The number of aromatic nitrogens is 1. The second-order valence-electron chi connectivity index (χ2n) is 7.33. The first kappa shape index (κ1) is 20.5. The zero-order valence-electron chi connectivity index (χ0n) is 17.0. The summed E-state index contributed by atoms with van der Waals surface area (Å²) in [6, 6.07) is 17.7. The average molecular weight is 466 g/mol. The predicted octanol–water partition coefficient (Wildman–Crippen LogP) is 6.13. The van der Waals surface area contributed by atoms with Crippen molar-refractivity contribution in [3.8, 4) is 5.75 Å². The van der Waals surface area contributed by atoms with Crippen LogP contribution in [0.2, 0.25) is 10.2 Å². The molecule has 1 aliphatic heterocycles. The molecule has 1 aliphatic rings. The van der Waals surface area contributed by atoms with Crippen LogP contribution in [0.5, 0.6) is 5.75 Å². The van der Waals surface area contributed by atoms with Gasteiger partial charge >= 0.3 is 5.91 Å². The zero-order chi connectivity index (χ0) is 22.2. The molecule has 5 rings (SSSR count). The van der Waals surface area contributed by atoms with Crippen LogP contribution in [0.25, 0.3) is 10.9 Å². The molecule has 160 valence electrons. The molecule has 3 heterocycles. The Morgan fingerprint density at radius 2 is 1.94 bits per heavy atom. The molecule has 0 N–H and O–H groups in total. The van der Waals surface area contributed by atoms with Gasteiger partial charge in [-0.3, -0.25) is 4.79 Å². The Hall–Kier alpha value is -3.35. The largest absolute Gasteiger partial charge is 0.497 e. The van der Waals surface area contributed by atoms with Crippen LogP contribution in [0.4, 0.5) is 0 Å². The number of benzene rings is 2. The number of halogens is 2. The van der Waals surface area contributed by atoms with Gasteiger partial charge in [-0.25, -0.2) is 9.99 Å². The van der Waals surface area contributed by atoms with Crippen molar-refractivity contribution < 1.29 is 13.9 Å². The van der Waals surface area contributed by atoms with Crippen molar-refractivity contribution in [3.05, 3.63) is 94.0 Å². The molecular weight excluding hydrogens is 449 g/mol. The number of hydrogen-bond acceptors (Lipinski definition) is 5. The first-order valence-corrected chi connectivity index (χ1v) is 10.6. The Bertz CT molecular complexity index is 1330. The van der Waals surface area contributed by atoms with Gasteiger partial charge in [0, 0.05) is 28.5 Å². The van der Waals surface area contributed by atoms with Gasteiger partial charge in [0.25, 0.3) is 0 Å². The van der Waals surface area contributed by atoms with E-state index in [2.05, 4.69) is 10.1 Å². The minimum absolute atomic E-state index is 0.200. The highest BCUT2D eigenvalue weighted by molar-refractivity contribution is 6.31. The number of amides is 1. The van der Waals surface area contributed by atoms with Gasteiger partial charge in [-0.2, -0.15) is 5.10 Å². The first-order chi connectivity index (χ1) is 15.5. The Morgan fingerprint density at radius 3 is 2.66 bits per heavy atom. The van der Waals surface area contributed by atoms with Crippen LogP contribution < -0.4 is 4.74 Å². The van der Waals surface area contributed by atoms with E-state index in [-0.39, 0.29) is 11.7 Å². The fraction of sp³-hybridized carbons (Fsp3) is 0.125. The number of carbonyl (C=O) groups is 1. The van der Waals surface area contributed by atoms with E-state index in [1.807, 2.05) is 36.4 Å². The molecule has 0 saturated heterocycles. The number of carbonyl (C=O) groups excluding carboxylic acids is 1. The zero-order valence-corrected chi connectivity index (χ0v) is 18.5. The van der Waals surface area contributed by atoms with Crippen molar-refractivity contribution >= 4 is 45.7 Å². The van der Waals surface area contributed by atoms with Gasteiger partial charge in [0.2, 0.25) is 0 Å². The summed E-state index contributed by atoms with van der Waals surface area (Å²) < 4.78 is 10.6. The van der Waals surface area contributed by atoms with Gasteiger partial charge in [-0.1, -0.05) is 35.3 Å². The lowest BCUT2D eigenvalue weighted by molar-refractivity contribution is 0.0678. The van der Waals surface area contributed by atoms with Crippen LogP contribution in [0.1, 0.15) is 34.1 Å². The summed E-state index contributed by atoms with van der Waals surface area (Å²) in [4.78, 5) is 17.8. The lowest BCUT2D eigenvalue weighted by atomic mass is 9.98. The highest BCUT2D eigenvalue weighted by Gasteiger charge is 2.36. The fourth-order valence-electron chi connectivity index (χ4n) is 3.77. The summed E-state index contributed by atoms with van der Waals surface area (Å²) in [5.41, 5.74) is 3.04. The third kappa shape index (κ3) is 3.72. The van der Waals surface area contributed by atoms with Crippen molar-refractivity contribution in [2.75, 3.05) is 7.11 Å². The molecule has 32 heavy (non-hydrogen) atoms. The van der Waals surface area contributed by atoms with Gasteiger partial charge in [0.1, 0.15) is 10.9 Å². The monoisotopic (exact) mass is 465 g/mol. The first-order valence-electron chi connectivity index (χ1n) is 9.88. The van der Waals surface area contributed by atoms with Crippen LogP contribution in [-0.4, -0.2) is 28.7 Å². The van der Waals surface area contributed by atoms with E-state index >= 15 is 0 Å². The molecule has 0 radical (unpaired) electrons. The summed E-state index contributed by atoms with van der Waals surface area (Å²) in [6.07, 6.45) is 1.93. The molecule has 0 fully saturated rings. The lowest BCUT2D eigenvalue weighted by Crippen LogP contribution is -2.27. The summed E-state index contributed by atoms with van der Waals surface area (Å²) in [5.74, 6) is 0.540. The maximum atomic E-state index is 13.2. The van der Waals surface area contributed by atoms with Crippen LogP contribution in [0, 0.1) is 0 Å². The topological polar surface area (TPSA) is 67.9 Å². The number of hydrogen-bond donors (Lipinski definition) is 0. The molecule has 2 aromatic heterocycles. The van der Waals surface area contributed by atoms with E-state index in [0.29, 0.717) is 33.4 Å². The molecule has 0 saturated carbocycles. The van der Waals surface area contributed by atoms with Crippen molar-refractivity contribution in [3.63, 3.8) is 0 Å². The highest BCUT2D eigenvalue weighted by Crippen LogP contribution is 2.38. The molecule has 0 unspecified atom stereocenters. The average Bonchev–Trinajstić information content (AvgIpc) is 3.49. The molecule has 6 nitrogen and oxygen atoms in total. The summed E-state index contributed by atoms with van der Waals surface area (Å²) in [7, 11) is 1.60. The van der Waals surface area contributed by atoms with Crippen LogP contribution in [-0.2, 0) is 0 Å². The number of pyridine rings is 1. The molecule has 1 amide bonds. The van der Waals surface area contributed by atoms with Crippen LogP contribution in [0.15, 0.2) is 76.4 Å². The summed E-state index contributed by atoms with van der Waals surface area (Å²) in [5, 5.41) is 7.88. The van der Waals surface area contributed by atoms with E-state index in [1.54, 1.807) is 31.4 Å². The maximum Gasteiger partial charge on any atom is 0.310 e. The lowest BCUT2D eigenvalue weighted by Gasteiger charge is -2.22. The quantitative estimate of drug-likeness (QED) is 0.339. The Morgan fingerprint density at radius 1 is 1.12 bits per heavy atom. The van der Waals surface area contributed by atoms with Gasteiger partial charge in [-0.05, 0) is 48.0 Å². The summed E-state index contributed by atoms with van der Waals surface area (Å²) in [6.45, 7) is 0. The van der Waals surface area contributed by atoms with Gasteiger partial charge in [0.15, 0.2) is 5.76 Å². The van der Waals surface area contributed by atoms with Crippen LogP contribution in [0.3, 0.4) is 0 Å². The number of furan rings is 1. The smallest absolute Gasteiger partial charge is 0.310 e. The van der Waals surface area contributed by atoms with E-state index in [4.69, 9.17) is 32.4 Å². The van der Waals surface area contributed by atoms with Gasteiger partial charge < -0.3 is 9.15 Å². The molecule has 4 aromatic rings. The number of nitrogens with zero attached hydrogens (tertiary/aromatic N) is 3. The number of fused-ring (bicyclic) bond motifs is 1. The van der Waals surface area contributed by atoms with Crippen molar-refractivity contribution in [2.45, 2.75) is 12.5 Å². The standard InChI is InChI=1S/C24H17Cl2N3O3/c1-31-17-9-6-15-11-18(23(26)27-19(15)12-17)21-13-20(14-4-7-16(25)8-5-14)28-29(21)24(30)22-3-2-10-32-22/h2-12,21H,13H2,1H3/t21-/m1/s1. The fourth-order valence-corrected chi connectivity index (χ4v) is 4.17. The second kappa shape index (κ2) is 8.30. The number of hydrazone groups is 1. The van der Waals surface area contributed by atoms with Crippen LogP contribution >= 0.6 is 23.2 Å².